The van der Waals surface area contributed by atoms with Gasteiger partial charge in [0, 0.05) is 23.1 Å². The number of esters is 1. The molecule has 0 fully saturated rings. The van der Waals surface area contributed by atoms with Crippen LogP contribution in [-0.4, -0.2) is 29.3 Å². The molecule has 0 saturated heterocycles. The molecule has 3 aromatic rings. The second kappa shape index (κ2) is 9.50. The van der Waals surface area contributed by atoms with E-state index >= 15 is 0 Å². The summed E-state index contributed by atoms with van der Waals surface area (Å²) in [6, 6.07) is 14.8. The highest BCUT2D eigenvalue weighted by molar-refractivity contribution is 6.29. The summed E-state index contributed by atoms with van der Waals surface area (Å²) < 4.78 is 5.15. The number of benzene rings is 2. The number of hydrogen-bond donors (Lipinski definition) is 1. The number of anilines is 1. The maximum atomic E-state index is 12.3. The molecule has 1 N–H and O–H groups in total. The fourth-order valence-electron chi connectivity index (χ4n) is 2.85. The van der Waals surface area contributed by atoms with Crippen molar-refractivity contribution in [3.63, 3.8) is 0 Å². The topological polar surface area (TPSA) is 85.4 Å². The maximum Gasteiger partial charge on any atom is 0.338 e. The minimum Gasteiger partial charge on any atom is -0.454 e. The first-order chi connectivity index (χ1) is 14.3. The average molecular weight is 425 g/mol. The molecule has 6 nitrogen and oxygen atoms in total. The Morgan fingerprint density at radius 2 is 1.70 bits per heavy atom. The van der Waals surface area contributed by atoms with E-state index in [9.17, 15) is 14.4 Å². The highest BCUT2D eigenvalue weighted by atomic mass is 35.5. The summed E-state index contributed by atoms with van der Waals surface area (Å²) in [7, 11) is 0. The van der Waals surface area contributed by atoms with Gasteiger partial charge in [0.1, 0.15) is 5.15 Å². The Morgan fingerprint density at radius 3 is 2.40 bits per heavy atom. The second-order valence-corrected chi connectivity index (χ2v) is 7.65. The van der Waals surface area contributed by atoms with Crippen molar-refractivity contribution in [3.05, 3.63) is 70.9 Å². The number of nitrogens with one attached hydrogen (secondary N) is 1. The van der Waals surface area contributed by atoms with Gasteiger partial charge in [-0.25, -0.2) is 9.78 Å². The van der Waals surface area contributed by atoms with Gasteiger partial charge in [-0.2, -0.15) is 0 Å². The highest BCUT2D eigenvalue weighted by Gasteiger charge is 2.13. The molecule has 154 valence electrons. The monoisotopic (exact) mass is 424 g/mol. The van der Waals surface area contributed by atoms with Crippen LogP contribution < -0.4 is 5.32 Å². The van der Waals surface area contributed by atoms with Gasteiger partial charge in [0.05, 0.1) is 11.1 Å². The van der Waals surface area contributed by atoms with E-state index in [0.29, 0.717) is 33.9 Å². The summed E-state index contributed by atoms with van der Waals surface area (Å²) in [5.41, 5.74) is 1.99. The first kappa shape index (κ1) is 21.5. The van der Waals surface area contributed by atoms with Crippen molar-refractivity contribution in [1.82, 2.24) is 4.98 Å². The molecule has 1 amide bonds. The van der Waals surface area contributed by atoms with Gasteiger partial charge < -0.3 is 10.1 Å². The van der Waals surface area contributed by atoms with Crippen LogP contribution in [-0.2, 0) is 9.53 Å². The van der Waals surface area contributed by atoms with Crippen LogP contribution in [0.4, 0.5) is 5.69 Å². The number of amides is 1. The van der Waals surface area contributed by atoms with Crippen molar-refractivity contribution in [2.45, 2.75) is 20.3 Å². The number of halogens is 1. The van der Waals surface area contributed by atoms with Crippen LogP contribution in [0.25, 0.3) is 10.9 Å². The third-order valence-corrected chi connectivity index (χ3v) is 4.52. The molecule has 7 heteroatoms. The number of nitrogens with zero attached hydrogens (tertiary/aromatic N) is 1. The van der Waals surface area contributed by atoms with Crippen LogP contribution in [0.1, 0.15) is 41.0 Å². The molecule has 30 heavy (non-hydrogen) atoms. The molecule has 0 bridgehead atoms. The molecule has 0 radical (unpaired) electrons. The minimum absolute atomic E-state index is 0.0779. The predicted octanol–water partition coefficient (Wildman–Crippen LogP) is 4.91. The van der Waals surface area contributed by atoms with Gasteiger partial charge in [-0.15, -0.1) is 0 Å². The highest BCUT2D eigenvalue weighted by Crippen LogP contribution is 2.18. The number of ether oxygens (including phenoxy) is 1. The minimum atomic E-state index is -0.599. The van der Waals surface area contributed by atoms with Gasteiger partial charge in [0.2, 0.25) is 5.91 Å². The van der Waals surface area contributed by atoms with E-state index in [0.717, 1.165) is 5.39 Å². The summed E-state index contributed by atoms with van der Waals surface area (Å²) >= 11 is 5.86. The predicted molar refractivity (Wildman–Crippen MR) is 116 cm³/mol. The SMILES string of the molecule is CC(C)CC(=O)Nc1ccc(C(=O)COC(=O)c2ccc3nc(Cl)ccc3c2)cc1. The van der Waals surface area contributed by atoms with E-state index in [1.807, 2.05) is 13.8 Å². The molecule has 1 aromatic heterocycles. The fraction of sp³-hybridized carbons (Fsp3) is 0.217. The summed E-state index contributed by atoms with van der Waals surface area (Å²) in [5.74, 6) is -0.751. The second-order valence-electron chi connectivity index (χ2n) is 7.26. The summed E-state index contributed by atoms with van der Waals surface area (Å²) in [6.07, 6.45) is 0.425. The molecule has 0 spiro atoms. The lowest BCUT2D eigenvalue weighted by Crippen LogP contribution is -2.15. The van der Waals surface area contributed by atoms with E-state index < -0.39 is 5.97 Å². The number of fused-ring (bicyclic) bond motifs is 1. The zero-order valence-electron chi connectivity index (χ0n) is 16.6. The summed E-state index contributed by atoms with van der Waals surface area (Å²) in [6.45, 7) is 3.55. The fourth-order valence-corrected chi connectivity index (χ4v) is 3.00. The Morgan fingerprint density at radius 1 is 1.00 bits per heavy atom. The lowest BCUT2D eigenvalue weighted by molar-refractivity contribution is -0.116. The number of rotatable bonds is 7. The van der Waals surface area contributed by atoms with Gasteiger partial charge in [-0.1, -0.05) is 25.4 Å². The van der Waals surface area contributed by atoms with Crippen LogP contribution >= 0.6 is 11.6 Å². The van der Waals surface area contributed by atoms with Crippen molar-refractivity contribution in [1.29, 1.82) is 0 Å². The normalized spacial score (nSPS) is 10.8. The quantitative estimate of drug-likeness (QED) is 0.331. The zero-order valence-corrected chi connectivity index (χ0v) is 17.4. The van der Waals surface area contributed by atoms with Crippen LogP contribution in [0.2, 0.25) is 5.15 Å². The average Bonchev–Trinajstić information content (AvgIpc) is 2.71. The maximum absolute atomic E-state index is 12.3. The van der Waals surface area contributed by atoms with Crippen molar-refractivity contribution in [2.24, 2.45) is 5.92 Å². The van der Waals surface area contributed by atoms with Crippen molar-refractivity contribution in [2.75, 3.05) is 11.9 Å². The largest absolute Gasteiger partial charge is 0.454 e. The lowest BCUT2D eigenvalue weighted by atomic mass is 10.1. The van der Waals surface area contributed by atoms with Crippen molar-refractivity contribution in [3.8, 4) is 0 Å². The van der Waals surface area contributed by atoms with Crippen molar-refractivity contribution < 1.29 is 19.1 Å². The van der Waals surface area contributed by atoms with Gasteiger partial charge in [0.25, 0.3) is 0 Å². The molecule has 0 aliphatic carbocycles. The number of hydrogen-bond acceptors (Lipinski definition) is 5. The molecule has 2 aromatic carbocycles. The van der Waals surface area contributed by atoms with Crippen LogP contribution in [0.5, 0.6) is 0 Å². The lowest BCUT2D eigenvalue weighted by Gasteiger charge is -2.08. The number of carbonyl (C=O) groups is 3. The van der Waals surface area contributed by atoms with Crippen LogP contribution in [0, 0.1) is 5.92 Å². The number of carbonyl (C=O) groups excluding carboxylic acids is 3. The summed E-state index contributed by atoms with van der Waals surface area (Å²) in [5, 5.41) is 3.90. The number of Topliss-reactive ketones (excluding diaryl/α,β-unsaturated/α-hetero) is 1. The number of aromatic nitrogens is 1. The Labute approximate surface area is 179 Å². The first-order valence-corrected chi connectivity index (χ1v) is 9.86. The zero-order chi connectivity index (χ0) is 21.7. The summed E-state index contributed by atoms with van der Waals surface area (Å²) in [4.78, 5) is 40.6. The van der Waals surface area contributed by atoms with Crippen molar-refractivity contribution >= 4 is 45.9 Å². The molecule has 1 heterocycles. The molecule has 3 rings (SSSR count). The molecular formula is C23H21ClN2O4. The van der Waals surface area contributed by atoms with Crippen LogP contribution in [0.3, 0.4) is 0 Å². The van der Waals surface area contributed by atoms with Gasteiger partial charge >= 0.3 is 5.97 Å². The van der Waals surface area contributed by atoms with E-state index in [2.05, 4.69) is 10.3 Å². The van der Waals surface area contributed by atoms with Gasteiger partial charge in [-0.05, 0) is 60.5 Å². The molecule has 0 saturated carbocycles. The first-order valence-electron chi connectivity index (χ1n) is 9.48. The van der Waals surface area contributed by atoms with Gasteiger partial charge in [-0.3, -0.25) is 9.59 Å². The molecule has 0 unspecified atom stereocenters. The Hall–Kier alpha value is -3.25. The standard InChI is InChI=1S/C23H21ClN2O4/c1-14(2)11-22(28)25-18-7-3-15(4-8-18)20(27)13-30-23(29)17-5-9-19-16(12-17)6-10-21(24)26-19/h3-10,12,14H,11,13H2,1-2H3,(H,25,28). The van der Waals surface area contributed by atoms with E-state index in [1.165, 1.54) is 0 Å². The molecule has 0 atom stereocenters. The molecule has 0 aliphatic heterocycles. The Kier molecular flexibility index (Phi) is 6.79. The molecule has 0 aliphatic rings. The number of pyridine rings is 1. The number of ketones is 1. The van der Waals surface area contributed by atoms with E-state index in [1.54, 1.807) is 54.6 Å². The third kappa shape index (κ3) is 5.64. The van der Waals surface area contributed by atoms with Crippen LogP contribution in [0.15, 0.2) is 54.6 Å². The third-order valence-electron chi connectivity index (χ3n) is 4.31. The van der Waals surface area contributed by atoms with E-state index in [-0.39, 0.29) is 24.2 Å². The van der Waals surface area contributed by atoms with Gasteiger partial charge in [0.15, 0.2) is 12.4 Å². The Bertz CT molecular complexity index is 1090. The molecular weight excluding hydrogens is 404 g/mol. The van der Waals surface area contributed by atoms with E-state index in [4.69, 9.17) is 16.3 Å². The Balaban J connectivity index is 1.57. The smallest absolute Gasteiger partial charge is 0.338 e.